The standard InChI is InChI=1S/C13H19NO.C9H9F3O.C2H6/c1-11(2)12-4-3-5-13(10-12)14-6-8-15-9-7-14;1-2-7-3-5-8(6-4-7)13-9(10,11)12;1-2/h3-5,10-11H,6-9H2,1-2H3;3-6H,2H2,1H3;1-2H3. The normalized spacial score (nSPS) is 13.7. The molecule has 1 heterocycles. The molecule has 0 radical (unpaired) electrons. The fourth-order valence-electron chi connectivity index (χ4n) is 2.83. The van der Waals surface area contributed by atoms with Crippen LogP contribution < -0.4 is 9.64 Å². The van der Waals surface area contributed by atoms with Gasteiger partial charge >= 0.3 is 6.36 Å². The first-order chi connectivity index (χ1) is 14.3. The number of hydrogen-bond acceptors (Lipinski definition) is 3. The summed E-state index contributed by atoms with van der Waals surface area (Å²) < 4.78 is 44.2. The number of ether oxygens (including phenoxy) is 2. The molecular formula is C24H34F3NO2. The average Bonchev–Trinajstić information content (AvgIpc) is 2.76. The first-order valence-electron chi connectivity index (χ1n) is 10.6. The van der Waals surface area contributed by atoms with Gasteiger partial charge in [-0.05, 0) is 47.7 Å². The van der Waals surface area contributed by atoms with Gasteiger partial charge in [-0.2, -0.15) is 0 Å². The summed E-state index contributed by atoms with van der Waals surface area (Å²) in [5, 5.41) is 0. The first kappa shape index (κ1) is 25.8. The monoisotopic (exact) mass is 425 g/mol. The van der Waals surface area contributed by atoms with E-state index in [2.05, 4.69) is 47.7 Å². The van der Waals surface area contributed by atoms with Crippen molar-refractivity contribution in [1.82, 2.24) is 0 Å². The van der Waals surface area contributed by atoms with E-state index in [1.165, 1.54) is 23.4 Å². The molecule has 30 heavy (non-hydrogen) atoms. The molecule has 0 saturated carbocycles. The molecule has 6 heteroatoms. The molecule has 0 spiro atoms. The molecule has 1 aliphatic heterocycles. The van der Waals surface area contributed by atoms with Crippen molar-refractivity contribution in [2.24, 2.45) is 0 Å². The van der Waals surface area contributed by atoms with Crippen molar-refractivity contribution in [2.45, 2.75) is 53.3 Å². The lowest BCUT2D eigenvalue weighted by Gasteiger charge is -2.29. The highest BCUT2D eigenvalue weighted by atomic mass is 19.4. The van der Waals surface area contributed by atoms with Crippen LogP contribution in [-0.2, 0) is 11.2 Å². The predicted molar refractivity (Wildman–Crippen MR) is 117 cm³/mol. The number of aryl methyl sites for hydroxylation is 1. The van der Waals surface area contributed by atoms with Crippen LogP contribution in [0.4, 0.5) is 18.9 Å². The van der Waals surface area contributed by atoms with Crippen LogP contribution in [0.2, 0.25) is 0 Å². The summed E-state index contributed by atoms with van der Waals surface area (Å²) in [4.78, 5) is 2.40. The fourth-order valence-corrected chi connectivity index (χ4v) is 2.83. The SMILES string of the molecule is CC.CC(C)c1cccc(N2CCOCC2)c1.CCc1ccc(OC(F)(F)F)cc1. The Morgan fingerprint density at radius 1 is 1.00 bits per heavy atom. The average molecular weight is 426 g/mol. The summed E-state index contributed by atoms with van der Waals surface area (Å²) in [5.41, 5.74) is 3.73. The molecule has 2 aromatic carbocycles. The third kappa shape index (κ3) is 9.53. The third-order valence-corrected chi connectivity index (χ3v) is 4.48. The number of halogens is 3. The molecular weight excluding hydrogens is 391 g/mol. The fraction of sp³-hybridized carbons (Fsp3) is 0.500. The molecule has 0 bridgehead atoms. The van der Waals surface area contributed by atoms with E-state index in [1.54, 1.807) is 12.1 Å². The highest BCUT2D eigenvalue weighted by Crippen LogP contribution is 2.23. The third-order valence-electron chi connectivity index (χ3n) is 4.48. The first-order valence-corrected chi connectivity index (χ1v) is 10.6. The summed E-state index contributed by atoms with van der Waals surface area (Å²) in [5.74, 6) is 0.427. The van der Waals surface area contributed by atoms with Gasteiger partial charge in [-0.1, -0.05) is 58.9 Å². The van der Waals surface area contributed by atoms with E-state index < -0.39 is 6.36 Å². The van der Waals surface area contributed by atoms with Gasteiger partial charge in [0.15, 0.2) is 0 Å². The van der Waals surface area contributed by atoms with Gasteiger partial charge in [-0.15, -0.1) is 13.2 Å². The summed E-state index contributed by atoms with van der Waals surface area (Å²) in [6.07, 6.45) is -3.81. The summed E-state index contributed by atoms with van der Waals surface area (Å²) >= 11 is 0. The maximum absolute atomic E-state index is 11.7. The zero-order valence-electron chi connectivity index (χ0n) is 18.6. The molecule has 1 saturated heterocycles. The van der Waals surface area contributed by atoms with E-state index in [9.17, 15) is 13.2 Å². The van der Waals surface area contributed by atoms with E-state index in [0.29, 0.717) is 5.92 Å². The molecule has 3 rings (SSSR count). The topological polar surface area (TPSA) is 21.7 Å². The van der Waals surface area contributed by atoms with Crippen molar-refractivity contribution in [3.63, 3.8) is 0 Å². The van der Waals surface area contributed by atoms with Crippen LogP contribution in [0, 0.1) is 0 Å². The van der Waals surface area contributed by atoms with Crippen LogP contribution in [0.15, 0.2) is 48.5 Å². The van der Waals surface area contributed by atoms with Crippen LogP contribution in [0.3, 0.4) is 0 Å². The Kier molecular flexibility index (Phi) is 11.3. The van der Waals surface area contributed by atoms with E-state index >= 15 is 0 Å². The predicted octanol–water partition coefficient (Wildman–Crippen LogP) is 6.82. The highest BCUT2D eigenvalue weighted by Gasteiger charge is 2.30. The lowest BCUT2D eigenvalue weighted by Crippen LogP contribution is -2.36. The lowest BCUT2D eigenvalue weighted by atomic mass is 10.0. The van der Waals surface area contributed by atoms with E-state index in [-0.39, 0.29) is 5.75 Å². The van der Waals surface area contributed by atoms with Crippen molar-refractivity contribution < 1.29 is 22.6 Å². The molecule has 0 amide bonds. The minimum Gasteiger partial charge on any atom is -0.406 e. The number of morpholine rings is 1. The molecule has 0 N–H and O–H groups in total. The molecule has 2 aromatic rings. The molecule has 0 aliphatic carbocycles. The minimum absolute atomic E-state index is 0.176. The van der Waals surface area contributed by atoms with Crippen molar-refractivity contribution in [2.75, 3.05) is 31.2 Å². The van der Waals surface area contributed by atoms with Gasteiger partial charge in [0, 0.05) is 18.8 Å². The molecule has 1 aliphatic rings. The number of alkyl halides is 3. The maximum Gasteiger partial charge on any atom is 0.573 e. The molecule has 0 atom stereocenters. The minimum atomic E-state index is -4.60. The van der Waals surface area contributed by atoms with Gasteiger partial charge in [0.1, 0.15) is 5.75 Å². The van der Waals surface area contributed by atoms with Gasteiger partial charge in [-0.3, -0.25) is 0 Å². The van der Waals surface area contributed by atoms with Gasteiger partial charge < -0.3 is 14.4 Å². The van der Waals surface area contributed by atoms with Crippen LogP contribution in [-0.4, -0.2) is 32.7 Å². The maximum atomic E-state index is 11.7. The van der Waals surface area contributed by atoms with Gasteiger partial charge in [0.25, 0.3) is 0 Å². The molecule has 168 valence electrons. The quantitative estimate of drug-likeness (QED) is 0.536. The molecule has 3 nitrogen and oxygen atoms in total. The summed E-state index contributed by atoms with van der Waals surface area (Å²) in [6, 6.07) is 14.7. The summed E-state index contributed by atoms with van der Waals surface area (Å²) in [6.45, 7) is 14.1. The van der Waals surface area contributed by atoms with Gasteiger partial charge in [-0.25, -0.2) is 0 Å². The summed E-state index contributed by atoms with van der Waals surface area (Å²) in [7, 11) is 0. The smallest absolute Gasteiger partial charge is 0.406 e. The lowest BCUT2D eigenvalue weighted by molar-refractivity contribution is -0.274. The Balaban J connectivity index is 0.000000280. The van der Waals surface area contributed by atoms with Crippen LogP contribution in [0.25, 0.3) is 0 Å². The van der Waals surface area contributed by atoms with Crippen molar-refractivity contribution in [3.8, 4) is 5.75 Å². The Morgan fingerprint density at radius 2 is 1.60 bits per heavy atom. The van der Waals surface area contributed by atoms with Crippen molar-refractivity contribution >= 4 is 5.69 Å². The second-order valence-electron chi connectivity index (χ2n) is 6.89. The zero-order valence-corrected chi connectivity index (χ0v) is 18.6. The Hall–Kier alpha value is -2.21. The van der Waals surface area contributed by atoms with Gasteiger partial charge in [0.05, 0.1) is 13.2 Å². The number of nitrogens with zero attached hydrogens (tertiary/aromatic N) is 1. The molecule has 0 aromatic heterocycles. The molecule has 1 fully saturated rings. The second-order valence-corrected chi connectivity index (χ2v) is 6.89. The number of rotatable bonds is 4. The van der Waals surface area contributed by atoms with Crippen LogP contribution >= 0.6 is 0 Å². The molecule has 0 unspecified atom stereocenters. The Labute approximate surface area is 178 Å². The Bertz CT molecular complexity index is 709. The van der Waals surface area contributed by atoms with Crippen LogP contribution in [0.5, 0.6) is 5.75 Å². The van der Waals surface area contributed by atoms with E-state index in [1.807, 2.05) is 20.8 Å². The number of benzene rings is 2. The van der Waals surface area contributed by atoms with Crippen molar-refractivity contribution in [1.29, 1.82) is 0 Å². The van der Waals surface area contributed by atoms with Crippen molar-refractivity contribution in [3.05, 3.63) is 59.7 Å². The van der Waals surface area contributed by atoms with Crippen LogP contribution in [0.1, 0.15) is 51.7 Å². The Morgan fingerprint density at radius 3 is 2.10 bits per heavy atom. The second kappa shape index (κ2) is 13.2. The zero-order chi connectivity index (χ0) is 22.6. The number of hydrogen-bond donors (Lipinski definition) is 0. The highest BCUT2D eigenvalue weighted by molar-refractivity contribution is 5.49. The van der Waals surface area contributed by atoms with E-state index in [0.717, 1.165) is 38.3 Å². The largest absolute Gasteiger partial charge is 0.573 e. The van der Waals surface area contributed by atoms with Gasteiger partial charge in [0.2, 0.25) is 0 Å². The number of anilines is 1. The van der Waals surface area contributed by atoms with E-state index in [4.69, 9.17) is 4.74 Å².